The van der Waals surface area contributed by atoms with Gasteiger partial charge in [-0.1, -0.05) is 0 Å². The number of benzene rings is 2. The first kappa shape index (κ1) is 22.6. The minimum Gasteiger partial charge on any atom is -0.345 e. The molecule has 0 saturated carbocycles. The molecule has 0 atom stereocenters. The monoisotopic (exact) mass is 605 g/mol. The van der Waals surface area contributed by atoms with E-state index in [1.807, 2.05) is 16.9 Å². The number of aryl methyl sites for hydroxylation is 1. The number of hydrogen-bond acceptors (Lipinski definition) is 6. The molecule has 3 heterocycles. The summed E-state index contributed by atoms with van der Waals surface area (Å²) in [6, 6.07) is 12.7. The minimum atomic E-state index is -3.96. The van der Waals surface area contributed by atoms with E-state index in [1.165, 1.54) is 10.6 Å². The number of carbonyl (C=O) groups is 1. The van der Waals surface area contributed by atoms with E-state index in [4.69, 9.17) is 0 Å². The van der Waals surface area contributed by atoms with E-state index in [0.717, 1.165) is 27.1 Å². The third-order valence-corrected chi connectivity index (χ3v) is 8.80. The van der Waals surface area contributed by atoms with Gasteiger partial charge in [-0.3, -0.25) is 9.36 Å². The summed E-state index contributed by atoms with van der Waals surface area (Å²) >= 11 is 3.14. The van der Waals surface area contributed by atoms with Crippen molar-refractivity contribution in [3.63, 3.8) is 0 Å². The van der Waals surface area contributed by atoms with E-state index in [1.54, 1.807) is 49.8 Å². The standard InChI is InChI=1S/C22H16IN5O4S2/c1-12-2-5-20(33-12)34(31,32)27-22(30)26-14-3-4-19(16(23)9-14)28-7-6-13-8-17-18(25-11-24-17)10-15(13)21(28)29/h2-11H,1H3,(H,24,25)(H2,26,27,30). The molecular weight excluding hydrogens is 589 g/mol. The lowest BCUT2D eigenvalue weighted by molar-refractivity contribution is 0.256. The van der Waals surface area contributed by atoms with Crippen LogP contribution in [0.5, 0.6) is 0 Å². The van der Waals surface area contributed by atoms with Gasteiger partial charge in [0, 0.05) is 25.7 Å². The average molecular weight is 605 g/mol. The number of nitrogens with zero attached hydrogens (tertiary/aromatic N) is 2. The molecule has 0 aliphatic heterocycles. The predicted molar refractivity (Wildman–Crippen MR) is 140 cm³/mol. The number of sulfonamides is 1. The highest BCUT2D eigenvalue weighted by molar-refractivity contribution is 14.1. The Balaban J connectivity index is 1.41. The maximum atomic E-state index is 13.2. The molecule has 0 saturated heterocycles. The van der Waals surface area contributed by atoms with Crippen molar-refractivity contribution in [2.75, 3.05) is 5.32 Å². The smallest absolute Gasteiger partial charge is 0.333 e. The number of H-pyrrole nitrogens is 1. The van der Waals surface area contributed by atoms with Gasteiger partial charge in [0.05, 0.1) is 23.0 Å². The molecule has 5 aromatic rings. The number of anilines is 1. The zero-order valence-corrected chi connectivity index (χ0v) is 21.3. The largest absolute Gasteiger partial charge is 0.345 e. The van der Waals surface area contributed by atoms with Crippen molar-refractivity contribution in [3.8, 4) is 5.69 Å². The second kappa shape index (κ2) is 8.52. The molecule has 5 rings (SSSR count). The lowest BCUT2D eigenvalue weighted by atomic mass is 10.1. The molecular formula is C22H16IN5O4S2. The fourth-order valence-electron chi connectivity index (χ4n) is 3.53. The number of halogens is 1. The van der Waals surface area contributed by atoms with E-state index in [2.05, 4.69) is 37.9 Å². The molecule has 9 nitrogen and oxygen atoms in total. The van der Waals surface area contributed by atoms with Crippen LogP contribution in [0.15, 0.2) is 70.1 Å². The SMILES string of the molecule is Cc1ccc(S(=O)(=O)NC(=O)Nc2ccc(-n3ccc4cc5[nH]cnc5cc4c3=O)c(I)c2)s1. The molecule has 12 heteroatoms. The minimum absolute atomic E-state index is 0.0628. The fourth-order valence-corrected chi connectivity index (χ4v) is 6.50. The molecule has 3 N–H and O–H groups in total. The molecule has 2 amide bonds. The summed E-state index contributed by atoms with van der Waals surface area (Å²) in [6.07, 6.45) is 3.28. The van der Waals surface area contributed by atoms with Crippen LogP contribution in [0.4, 0.5) is 10.5 Å². The quantitative estimate of drug-likeness (QED) is 0.263. The van der Waals surface area contributed by atoms with E-state index in [-0.39, 0.29) is 9.77 Å². The molecule has 34 heavy (non-hydrogen) atoms. The van der Waals surface area contributed by atoms with E-state index < -0.39 is 16.1 Å². The number of pyridine rings is 1. The van der Waals surface area contributed by atoms with Crippen molar-refractivity contribution in [1.82, 2.24) is 19.3 Å². The molecule has 3 aromatic heterocycles. The van der Waals surface area contributed by atoms with Gasteiger partial charge in [-0.2, -0.15) is 0 Å². The highest BCUT2D eigenvalue weighted by Crippen LogP contribution is 2.24. The van der Waals surface area contributed by atoms with Gasteiger partial charge in [-0.15, -0.1) is 11.3 Å². The Bertz CT molecular complexity index is 1750. The summed E-state index contributed by atoms with van der Waals surface area (Å²) in [5.74, 6) is 0. The van der Waals surface area contributed by atoms with Gasteiger partial charge in [0.1, 0.15) is 4.21 Å². The number of hydrogen-bond donors (Lipinski definition) is 3. The lowest BCUT2D eigenvalue weighted by Gasteiger charge is -2.12. The number of carbonyl (C=O) groups excluding carboxylic acids is 1. The van der Waals surface area contributed by atoms with Gasteiger partial charge < -0.3 is 10.3 Å². The Morgan fingerprint density at radius 2 is 1.97 bits per heavy atom. The van der Waals surface area contributed by atoms with Crippen LogP contribution in [0.25, 0.3) is 27.5 Å². The highest BCUT2D eigenvalue weighted by Gasteiger charge is 2.20. The zero-order chi connectivity index (χ0) is 24.0. The number of thiophene rings is 1. The third kappa shape index (κ3) is 4.19. The topological polar surface area (TPSA) is 126 Å². The second-order valence-corrected chi connectivity index (χ2v) is 11.8. The maximum Gasteiger partial charge on any atom is 0.333 e. The van der Waals surface area contributed by atoms with Crippen LogP contribution < -0.4 is 15.6 Å². The van der Waals surface area contributed by atoms with Crippen LogP contribution in [0.1, 0.15) is 4.88 Å². The maximum absolute atomic E-state index is 13.2. The normalized spacial score (nSPS) is 11.7. The van der Waals surface area contributed by atoms with Gasteiger partial charge in [0.2, 0.25) is 0 Å². The predicted octanol–water partition coefficient (Wildman–Crippen LogP) is 4.35. The lowest BCUT2D eigenvalue weighted by Crippen LogP contribution is -2.34. The first-order valence-electron chi connectivity index (χ1n) is 9.90. The Morgan fingerprint density at radius 3 is 2.71 bits per heavy atom. The van der Waals surface area contributed by atoms with Crippen LogP contribution in [0.3, 0.4) is 0 Å². The fraction of sp³-hybridized carbons (Fsp3) is 0.0455. The number of aromatic amines is 1. The Hall–Kier alpha value is -3.23. The summed E-state index contributed by atoms with van der Waals surface area (Å²) in [6.45, 7) is 1.78. The molecule has 0 aliphatic carbocycles. The molecule has 0 radical (unpaired) electrons. The number of aromatic nitrogens is 3. The Morgan fingerprint density at radius 1 is 1.15 bits per heavy atom. The summed E-state index contributed by atoms with van der Waals surface area (Å²) in [7, 11) is -3.96. The first-order chi connectivity index (χ1) is 16.2. The molecule has 0 bridgehead atoms. The van der Waals surface area contributed by atoms with Crippen LogP contribution in [0.2, 0.25) is 0 Å². The highest BCUT2D eigenvalue weighted by atomic mass is 127. The van der Waals surface area contributed by atoms with E-state index in [9.17, 15) is 18.0 Å². The summed E-state index contributed by atoms with van der Waals surface area (Å²) in [4.78, 5) is 33.6. The number of amides is 2. The van der Waals surface area contributed by atoms with Crippen LogP contribution in [-0.2, 0) is 10.0 Å². The Kier molecular flexibility index (Phi) is 5.65. The number of nitrogens with one attached hydrogen (secondary N) is 3. The number of fused-ring (bicyclic) bond motifs is 2. The summed E-state index contributed by atoms with van der Waals surface area (Å²) in [5, 5.41) is 3.86. The Labute approximate surface area is 211 Å². The van der Waals surface area contributed by atoms with Gasteiger partial charge >= 0.3 is 6.03 Å². The molecule has 0 fully saturated rings. The molecule has 0 unspecified atom stereocenters. The van der Waals surface area contributed by atoms with Crippen molar-refractivity contribution in [2.45, 2.75) is 11.1 Å². The van der Waals surface area contributed by atoms with E-state index >= 15 is 0 Å². The van der Waals surface area contributed by atoms with Crippen LogP contribution >= 0.6 is 33.9 Å². The van der Waals surface area contributed by atoms with Crippen molar-refractivity contribution in [3.05, 3.63) is 79.9 Å². The second-order valence-electron chi connectivity index (χ2n) is 7.44. The molecule has 0 spiro atoms. The molecule has 2 aromatic carbocycles. The van der Waals surface area contributed by atoms with Gasteiger partial charge in [-0.25, -0.2) is 22.9 Å². The summed E-state index contributed by atoms with van der Waals surface area (Å²) < 4.78 is 29.0. The van der Waals surface area contributed by atoms with Gasteiger partial charge in [-0.05, 0) is 83.4 Å². The van der Waals surface area contributed by atoms with Crippen molar-refractivity contribution < 1.29 is 13.2 Å². The third-order valence-electron chi connectivity index (χ3n) is 5.12. The first-order valence-corrected chi connectivity index (χ1v) is 13.3. The van der Waals surface area contributed by atoms with Crippen molar-refractivity contribution in [2.24, 2.45) is 0 Å². The number of rotatable bonds is 4. The van der Waals surface area contributed by atoms with Crippen LogP contribution in [0, 0.1) is 10.5 Å². The zero-order valence-electron chi connectivity index (χ0n) is 17.5. The summed E-state index contributed by atoms with van der Waals surface area (Å²) in [5.41, 5.74) is 2.37. The molecule has 0 aliphatic rings. The van der Waals surface area contributed by atoms with Crippen molar-refractivity contribution in [1.29, 1.82) is 0 Å². The van der Waals surface area contributed by atoms with Gasteiger partial charge in [0.25, 0.3) is 15.6 Å². The van der Waals surface area contributed by atoms with Crippen molar-refractivity contribution >= 4 is 77.5 Å². The van der Waals surface area contributed by atoms with E-state index in [0.29, 0.717) is 25.8 Å². The average Bonchev–Trinajstić information content (AvgIpc) is 3.42. The number of urea groups is 1. The number of imidazole rings is 1. The van der Waals surface area contributed by atoms with Gasteiger partial charge in [0.15, 0.2) is 0 Å². The van der Waals surface area contributed by atoms with Crippen LogP contribution in [-0.4, -0.2) is 29.0 Å². The molecule has 172 valence electrons.